The van der Waals surface area contributed by atoms with Gasteiger partial charge in [-0.1, -0.05) is 24.4 Å². The molecular formula is C10H12ClN3O. The van der Waals surface area contributed by atoms with Gasteiger partial charge in [0.05, 0.1) is 12.4 Å². The van der Waals surface area contributed by atoms with Crippen LogP contribution in [0.15, 0.2) is 12.4 Å². The Hall–Kier alpha value is -1.16. The van der Waals surface area contributed by atoms with Gasteiger partial charge >= 0.3 is 0 Å². The molecule has 0 aliphatic heterocycles. The number of rotatable bonds is 2. The standard InChI is InChI=1S/C10H12ClN3O/c11-8-5-13-9(6-12-8)14-10(15)7-3-1-2-4-7/h5-7H,1-4H2,(H,13,14,15). The molecule has 2 rings (SSSR count). The highest BCUT2D eigenvalue weighted by atomic mass is 35.5. The van der Waals surface area contributed by atoms with E-state index in [9.17, 15) is 4.79 Å². The SMILES string of the molecule is O=C(Nc1cnc(Cl)cn1)C1CCCC1. The Bertz CT molecular complexity index is 346. The lowest BCUT2D eigenvalue weighted by Crippen LogP contribution is -2.20. The number of nitrogens with zero attached hydrogens (tertiary/aromatic N) is 2. The minimum Gasteiger partial charge on any atom is -0.309 e. The molecule has 0 aromatic carbocycles. The predicted molar refractivity (Wildman–Crippen MR) is 57.6 cm³/mol. The third-order valence-corrected chi connectivity index (χ3v) is 2.79. The first-order valence-electron chi connectivity index (χ1n) is 5.04. The number of amides is 1. The Morgan fingerprint density at radius 2 is 2.07 bits per heavy atom. The molecule has 4 nitrogen and oxygen atoms in total. The summed E-state index contributed by atoms with van der Waals surface area (Å²) in [4.78, 5) is 19.5. The highest BCUT2D eigenvalue weighted by Crippen LogP contribution is 2.25. The fourth-order valence-corrected chi connectivity index (χ4v) is 1.89. The smallest absolute Gasteiger partial charge is 0.228 e. The van der Waals surface area contributed by atoms with Crippen LogP contribution in [0.5, 0.6) is 0 Å². The van der Waals surface area contributed by atoms with E-state index in [0.29, 0.717) is 11.0 Å². The topological polar surface area (TPSA) is 54.9 Å². The van der Waals surface area contributed by atoms with E-state index < -0.39 is 0 Å². The lowest BCUT2D eigenvalue weighted by atomic mass is 10.1. The van der Waals surface area contributed by atoms with Crippen LogP contribution in [0, 0.1) is 5.92 Å². The molecule has 1 aliphatic rings. The van der Waals surface area contributed by atoms with Crippen LogP contribution in [0.2, 0.25) is 5.15 Å². The molecule has 1 aromatic rings. The van der Waals surface area contributed by atoms with Crippen molar-refractivity contribution < 1.29 is 4.79 Å². The zero-order chi connectivity index (χ0) is 10.7. The Morgan fingerprint density at radius 1 is 1.33 bits per heavy atom. The minimum atomic E-state index is 0.0455. The second kappa shape index (κ2) is 4.57. The summed E-state index contributed by atoms with van der Waals surface area (Å²) in [6.07, 6.45) is 7.13. The quantitative estimate of drug-likeness (QED) is 0.840. The van der Waals surface area contributed by atoms with E-state index in [0.717, 1.165) is 25.7 Å². The third-order valence-electron chi connectivity index (χ3n) is 2.60. The van der Waals surface area contributed by atoms with Crippen molar-refractivity contribution in [1.82, 2.24) is 9.97 Å². The van der Waals surface area contributed by atoms with E-state index in [1.807, 2.05) is 0 Å². The normalized spacial score (nSPS) is 16.6. The van der Waals surface area contributed by atoms with E-state index in [1.165, 1.54) is 12.4 Å². The van der Waals surface area contributed by atoms with Crippen LogP contribution >= 0.6 is 11.6 Å². The molecule has 0 bridgehead atoms. The molecule has 1 aliphatic carbocycles. The maximum atomic E-state index is 11.7. The van der Waals surface area contributed by atoms with Gasteiger partial charge in [0.15, 0.2) is 5.82 Å². The van der Waals surface area contributed by atoms with Crippen LogP contribution < -0.4 is 5.32 Å². The maximum absolute atomic E-state index is 11.7. The third kappa shape index (κ3) is 2.65. The molecule has 5 heteroatoms. The van der Waals surface area contributed by atoms with Gasteiger partial charge in [-0.25, -0.2) is 9.97 Å². The maximum Gasteiger partial charge on any atom is 0.228 e. The summed E-state index contributed by atoms with van der Waals surface area (Å²) in [5, 5.41) is 3.07. The molecule has 80 valence electrons. The summed E-state index contributed by atoms with van der Waals surface area (Å²) in [7, 11) is 0. The van der Waals surface area contributed by atoms with Crippen LogP contribution in [0.3, 0.4) is 0 Å². The molecule has 15 heavy (non-hydrogen) atoms. The summed E-state index contributed by atoms with van der Waals surface area (Å²) >= 11 is 5.59. The van der Waals surface area contributed by atoms with Gasteiger partial charge in [-0.3, -0.25) is 4.79 Å². The van der Waals surface area contributed by atoms with Crippen LogP contribution in [0.4, 0.5) is 5.82 Å². The van der Waals surface area contributed by atoms with E-state index in [1.54, 1.807) is 0 Å². The van der Waals surface area contributed by atoms with E-state index in [2.05, 4.69) is 15.3 Å². The van der Waals surface area contributed by atoms with E-state index >= 15 is 0 Å². The van der Waals surface area contributed by atoms with Crippen molar-refractivity contribution in [2.24, 2.45) is 5.92 Å². The van der Waals surface area contributed by atoms with Crippen molar-refractivity contribution in [3.63, 3.8) is 0 Å². The average molecular weight is 226 g/mol. The first kappa shape index (κ1) is 10.4. The molecule has 1 aromatic heterocycles. The average Bonchev–Trinajstić information content (AvgIpc) is 2.74. The number of hydrogen-bond donors (Lipinski definition) is 1. The number of carbonyl (C=O) groups is 1. The monoisotopic (exact) mass is 225 g/mol. The summed E-state index contributed by atoms with van der Waals surface area (Å²) in [5.74, 6) is 0.655. The van der Waals surface area contributed by atoms with Gasteiger partial charge < -0.3 is 5.32 Å². The van der Waals surface area contributed by atoms with Crippen molar-refractivity contribution in [2.45, 2.75) is 25.7 Å². The van der Waals surface area contributed by atoms with Gasteiger partial charge in [-0.15, -0.1) is 0 Å². The van der Waals surface area contributed by atoms with Crippen molar-refractivity contribution in [1.29, 1.82) is 0 Å². The van der Waals surface area contributed by atoms with Gasteiger partial charge in [0.2, 0.25) is 5.91 Å². The molecule has 0 saturated heterocycles. The highest BCUT2D eigenvalue weighted by molar-refractivity contribution is 6.29. The number of aromatic nitrogens is 2. The first-order chi connectivity index (χ1) is 7.25. The Balaban J connectivity index is 1.96. The Morgan fingerprint density at radius 3 is 2.67 bits per heavy atom. The zero-order valence-corrected chi connectivity index (χ0v) is 9.00. The zero-order valence-electron chi connectivity index (χ0n) is 8.24. The van der Waals surface area contributed by atoms with Gasteiger partial charge in [0.1, 0.15) is 5.15 Å². The molecule has 0 spiro atoms. The number of carbonyl (C=O) groups excluding carboxylic acids is 1. The van der Waals surface area contributed by atoms with Crippen molar-refractivity contribution >= 4 is 23.3 Å². The Kier molecular flexibility index (Phi) is 3.16. The highest BCUT2D eigenvalue weighted by Gasteiger charge is 2.22. The second-order valence-electron chi connectivity index (χ2n) is 3.69. The summed E-state index contributed by atoms with van der Waals surface area (Å²) in [6.45, 7) is 0. The van der Waals surface area contributed by atoms with Gasteiger partial charge in [-0.2, -0.15) is 0 Å². The first-order valence-corrected chi connectivity index (χ1v) is 5.42. The van der Waals surface area contributed by atoms with E-state index in [4.69, 9.17) is 11.6 Å². The molecule has 0 unspecified atom stereocenters. The summed E-state index contributed by atoms with van der Waals surface area (Å²) in [5.41, 5.74) is 0. The molecule has 1 N–H and O–H groups in total. The fourth-order valence-electron chi connectivity index (χ4n) is 1.79. The minimum absolute atomic E-state index is 0.0455. The second-order valence-corrected chi connectivity index (χ2v) is 4.08. The lowest BCUT2D eigenvalue weighted by molar-refractivity contribution is -0.119. The van der Waals surface area contributed by atoms with Crippen LogP contribution in [-0.2, 0) is 4.79 Å². The largest absolute Gasteiger partial charge is 0.309 e. The number of halogens is 1. The molecule has 0 radical (unpaired) electrons. The molecule has 1 saturated carbocycles. The molecule has 0 atom stereocenters. The number of nitrogens with one attached hydrogen (secondary N) is 1. The van der Waals surface area contributed by atoms with Crippen molar-refractivity contribution in [3.8, 4) is 0 Å². The van der Waals surface area contributed by atoms with Crippen molar-refractivity contribution in [2.75, 3.05) is 5.32 Å². The molecule has 1 fully saturated rings. The molecular weight excluding hydrogens is 214 g/mol. The Labute approximate surface area is 93.1 Å². The molecule has 1 heterocycles. The summed E-state index contributed by atoms with van der Waals surface area (Å²) < 4.78 is 0. The lowest BCUT2D eigenvalue weighted by Gasteiger charge is -2.08. The number of anilines is 1. The van der Waals surface area contributed by atoms with Gasteiger partial charge in [0.25, 0.3) is 0 Å². The fraction of sp³-hybridized carbons (Fsp3) is 0.500. The summed E-state index contributed by atoms with van der Waals surface area (Å²) in [6, 6.07) is 0. The predicted octanol–water partition coefficient (Wildman–Crippen LogP) is 2.26. The number of hydrogen-bond acceptors (Lipinski definition) is 3. The van der Waals surface area contributed by atoms with Crippen LogP contribution in [-0.4, -0.2) is 15.9 Å². The van der Waals surface area contributed by atoms with Crippen molar-refractivity contribution in [3.05, 3.63) is 17.5 Å². The van der Waals surface area contributed by atoms with Gasteiger partial charge in [-0.05, 0) is 12.8 Å². The van der Waals surface area contributed by atoms with Gasteiger partial charge in [0, 0.05) is 5.92 Å². The van der Waals surface area contributed by atoms with Crippen LogP contribution in [0.1, 0.15) is 25.7 Å². The van der Waals surface area contributed by atoms with Crippen LogP contribution in [0.25, 0.3) is 0 Å². The van der Waals surface area contributed by atoms with E-state index in [-0.39, 0.29) is 11.8 Å². The molecule has 1 amide bonds.